The van der Waals surface area contributed by atoms with Gasteiger partial charge in [0.1, 0.15) is 0 Å². The fourth-order valence-corrected chi connectivity index (χ4v) is 1.62. The summed E-state index contributed by atoms with van der Waals surface area (Å²) in [4.78, 5) is 0. The normalized spacial score (nSPS) is 12.1. The number of hydrogen-bond donors (Lipinski definition) is 0. The van der Waals surface area contributed by atoms with Gasteiger partial charge in [0, 0.05) is 0 Å². The SMILES string of the molecule is C/C=C(/C)c1csc(Cl)c1. The van der Waals surface area contributed by atoms with E-state index in [0.717, 1.165) is 4.34 Å². The van der Waals surface area contributed by atoms with Crippen molar-refractivity contribution in [1.82, 2.24) is 0 Å². The van der Waals surface area contributed by atoms with Gasteiger partial charge in [0.15, 0.2) is 0 Å². The molecule has 0 spiro atoms. The second kappa shape index (κ2) is 3.22. The lowest BCUT2D eigenvalue weighted by Crippen LogP contribution is -1.69. The summed E-state index contributed by atoms with van der Waals surface area (Å²) in [7, 11) is 0. The second-order valence-corrected chi connectivity index (χ2v) is 3.65. The number of allylic oxidation sites excluding steroid dienone is 2. The van der Waals surface area contributed by atoms with Crippen LogP contribution in [0.25, 0.3) is 5.57 Å². The number of thiophene rings is 1. The van der Waals surface area contributed by atoms with Crippen molar-refractivity contribution in [2.45, 2.75) is 13.8 Å². The van der Waals surface area contributed by atoms with Gasteiger partial charge in [-0.1, -0.05) is 17.7 Å². The van der Waals surface area contributed by atoms with Crippen molar-refractivity contribution in [2.75, 3.05) is 0 Å². The van der Waals surface area contributed by atoms with Crippen LogP contribution in [0.5, 0.6) is 0 Å². The molecule has 0 nitrogen and oxygen atoms in total. The van der Waals surface area contributed by atoms with Crippen molar-refractivity contribution in [2.24, 2.45) is 0 Å². The second-order valence-electron chi connectivity index (χ2n) is 2.11. The van der Waals surface area contributed by atoms with Crippen LogP contribution < -0.4 is 0 Å². The summed E-state index contributed by atoms with van der Waals surface area (Å²) >= 11 is 7.33. The van der Waals surface area contributed by atoms with E-state index in [1.54, 1.807) is 11.3 Å². The van der Waals surface area contributed by atoms with Gasteiger partial charge in [0.05, 0.1) is 4.34 Å². The molecular formula is C8H9ClS. The number of halogens is 1. The Morgan fingerprint density at radius 1 is 1.70 bits per heavy atom. The first-order chi connectivity index (χ1) is 4.74. The van der Waals surface area contributed by atoms with Gasteiger partial charge >= 0.3 is 0 Å². The molecule has 0 unspecified atom stereocenters. The molecule has 1 heterocycles. The standard InChI is InChI=1S/C8H9ClS/c1-3-6(2)7-4-8(9)10-5-7/h3-5H,1-2H3/b6-3-. The summed E-state index contributed by atoms with van der Waals surface area (Å²) in [5.41, 5.74) is 2.51. The molecule has 1 aromatic heterocycles. The Bertz CT molecular complexity index is 248. The predicted molar refractivity (Wildman–Crippen MR) is 48.7 cm³/mol. The summed E-state index contributed by atoms with van der Waals surface area (Å²) in [5.74, 6) is 0. The molecule has 0 aliphatic heterocycles. The molecule has 0 saturated heterocycles. The molecule has 1 aromatic rings. The maximum Gasteiger partial charge on any atom is 0.0934 e. The monoisotopic (exact) mass is 172 g/mol. The van der Waals surface area contributed by atoms with Gasteiger partial charge in [0.2, 0.25) is 0 Å². The van der Waals surface area contributed by atoms with Gasteiger partial charge in [-0.05, 0) is 36.4 Å². The predicted octanol–water partition coefficient (Wildman–Crippen LogP) is 3.82. The maximum absolute atomic E-state index is 5.75. The zero-order chi connectivity index (χ0) is 7.56. The van der Waals surface area contributed by atoms with Crippen molar-refractivity contribution in [3.8, 4) is 0 Å². The van der Waals surface area contributed by atoms with E-state index in [2.05, 4.69) is 18.4 Å². The molecule has 0 aliphatic rings. The summed E-state index contributed by atoms with van der Waals surface area (Å²) in [6.07, 6.45) is 2.08. The zero-order valence-corrected chi connectivity index (χ0v) is 7.59. The molecule has 0 radical (unpaired) electrons. The van der Waals surface area contributed by atoms with E-state index in [1.165, 1.54) is 11.1 Å². The van der Waals surface area contributed by atoms with Crippen LogP contribution in [0.3, 0.4) is 0 Å². The Kier molecular flexibility index (Phi) is 2.52. The fraction of sp³-hybridized carbons (Fsp3) is 0.250. The molecule has 10 heavy (non-hydrogen) atoms. The molecule has 0 saturated carbocycles. The average Bonchev–Trinajstić information content (AvgIpc) is 2.34. The Hall–Kier alpha value is -0.270. The average molecular weight is 173 g/mol. The number of rotatable bonds is 1. The highest BCUT2D eigenvalue weighted by Crippen LogP contribution is 2.24. The van der Waals surface area contributed by atoms with E-state index in [9.17, 15) is 0 Å². The minimum absolute atomic E-state index is 0.858. The first-order valence-electron chi connectivity index (χ1n) is 3.11. The third-order valence-electron chi connectivity index (χ3n) is 1.46. The van der Waals surface area contributed by atoms with Crippen LogP contribution in [-0.2, 0) is 0 Å². The number of hydrogen-bond acceptors (Lipinski definition) is 1. The highest BCUT2D eigenvalue weighted by Gasteiger charge is 1.96. The Balaban J connectivity index is 2.95. The lowest BCUT2D eigenvalue weighted by Gasteiger charge is -1.91. The Morgan fingerprint density at radius 3 is 2.80 bits per heavy atom. The molecule has 0 fully saturated rings. The topological polar surface area (TPSA) is 0 Å². The Labute approximate surface area is 70.1 Å². The fourth-order valence-electron chi connectivity index (χ4n) is 0.684. The quantitative estimate of drug-likeness (QED) is 0.604. The lowest BCUT2D eigenvalue weighted by molar-refractivity contribution is 1.60. The van der Waals surface area contributed by atoms with Crippen LogP contribution in [-0.4, -0.2) is 0 Å². The van der Waals surface area contributed by atoms with E-state index in [0.29, 0.717) is 0 Å². The molecule has 0 amide bonds. The van der Waals surface area contributed by atoms with Crippen molar-refractivity contribution in [1.29, 1.82) is 0 Å². The molecule has 1 rings (SSSR count). The molecule has 0 N–H and O–H groups in total. The molecular weight excluding hydrogens is 164 g/mol. The van der Waals surface area contributed by atoms with Crippen LogP contribution in [0.15, 0.2) is 17.5 Å². The van der Waals surface area contributed by atoms with Crippen LogP contribution in [0.2, 0.25) is 4.34 Å². The molecule has 0 aliphatic carbocycles. The van der Waals surface area contributed by atoms with Crippen LogP contribution in [0.4, 0.5) is 0 Å². The highest BCUT2D eigenvalue weighted by atomic mass is 35.5. The van der Waals surface area contributed by atoms with Gasteiger partial charge in [-0.2, -0.15) is 0 Å². The third-order valence-corrected chi connectivity index (χ3v) is 2.55. The van der Waals surface area contributed by atoms with Crippen LogP contribution >= 0.6 is 22.9 Å². The van der Waals surface area contributed by atoms with Gasteiger partial charge in [-0.15, -0.1) is 11.3 Å². The maximum atomic E-state index is 5.75. The summed E-state index contributed by atoms with van der Waals surface area (Å²) in [6.45, 7) is 4.11. The van der Waals surface area contributed by atoms with Crippen molar-refractivity contribution in [3.05, 3.63) is 27.4 Å². The van der Waals surface area contributed by atoms with Crippen molar-refractivity contribution < 1.29 is 0 Å². The molecule has 54 valence electrons. The van der Waals surface area contributed by atoms with Crippen molar-refractivity contribution >= 4 is 28.5 Å². The lowest BCUT2D eigenvalue weighted by atomic mass is 10.2. The van der Waals surface area contributed by atoms with E-state index < -0.39 is 0 Å². The van der Waals surface area contributed by atoms with Crippen LogP contribution in [0, 0.1) is 0 Å². The van der Waals surface area contributed by atoms with E-state index in [-0.39, 0.29) is 0 Å². The summed E-state index contributed by atoms with van der Waals surface area (Å²) in [6, 6.07) is 1.99. The molecule has 0 bridgehead atoms. The van der Waals surface area contributed by atoms with Crippen molar-refractivity contribution in [3.63, 3.8) is 0 Å². The van der Waals surface area contributed by atoms with Crippen LogP contribution in [0.1, 0.15) is 19.4 Å². The minimum Gasteiger partial charge on any atom is -0.131 e. The van der Waals surface area contributed by atoms with E-state index >= 15 is 0 Å². The van der Waals surface area contributed by atoms with E-state index in [1.807, 2.05) is 13.0 Å². The highest BCUT2D eigenvalue weighted by molar-refractivity contribution is 7.14. The summed E-state index contributed by atoms with van der Waals surface area (Å²) in [5, 5.41) is 2.07. The van der Waals surface area contributed by atoms with Gasteiger partial charge < -0.3 is 0 Å². The first-order valence-corrected chi connectivity index (χ1v) is 4.37. The van der Waals surface area contributed by atoms with E-state index in [4.69, 9.17) is 11.6 Å². The molecule has 0 atom stereocenters. The Morgan fingerprint density at radius 2 is 2.40 bits per heavy atom. The first kappa shape index (κ1) is 7.83. The van der Waals surface area contributed by atoms with Gasteiger partial charge in [-0.3, -0.25) is 0 Å². The van der Waals surface area contributed by atoms with Gasteiger partial charge in [-0.25, -0.2) is 0 Å². The summed E-state index contributed by atoms with van der Waals surface area (Å²) < 4.78 is 0.858. The molecule has 2 heteroatoms. The minimum atomic E-state index is 0.858. The molecule has 0 aromatic carbocycles. The smallest absolute Gasteiger partial charge is 0.0934 e. The third kappa shape index (κ3) is 1.61. The zero-order valence-electron chi connectivity index (χ0n) is 6.02. The van der Waals surface area contributed by atoms with Gasteiger partial charge in [0.25, 0.3) is 0 Å². The largest absolute Gasteiger partial charge is 0.131 e.